The summed E-state index contributed by atoms with van der Waals surface area (Å²) in [6, 6.07) is 14.5. The number of hydrogen-bond donors (Lipinski definition) is 0. The Morgan fingerprint density at radius 1 is 0.775 bits per heavy atom. The lowest BCUT2D eigenvalue weighted by Gasteiger charge is -2.37. The number of fused-ring (bicyclic) bond motifs is 1. The quantitative estimate of drug-likeness (QED) is 0.311. The summed E-state index contributed by atoms with van der Waals surface area (Å²) >= 11 is 0. The number of carbonyl (C=O) groups excluding carboxylic acids is 1. The first kappa shape index (κ1) is 28.5. The van der Waals surface area contributed by atoms with Gasteiger partial charge in [0, 0.05) is 12.6 Å². The summed E-state index contributed by atoms with van der Waals surface area (Å²) in [7, 11) is 9.48. The molecule has 1 atom stereocenters. The van der Waals surface area contributed by atoms with Crippen molar-refractivity contribution < 1.29 is 38.0 Å². The molecule has 40 heavy (non-hydrogen) atoms. The van der Waals surface area contributed by atoms with Gasteiger partial charge in [0.1, 0.15) is 18.1 Å². The number of amides is 1. The molecular formula is C31H35NO8. The molecule has 0 N–H and O–H groups in total. The smallest absolute Gasteiger partial charge is 0.247 e. The molecule has 9 heteroatoms. The highest BCUT2D eigenvalue weighted by Crippen LogP contribution is 2.40. The van der Waals surface area contributed by atoms with E-state index in [1.807, 2.05) is 41.3 Å². The molecule has 0 spiro atoms. The SMILES string of the molecule is COc1ccc(OCC2c3cc(OC)c(OC)cc3CCN2C(=O)C=Cc2cc(OC)c(OC)c(OC)c2)cc1. The number of nitrogens with zero attached hydrogens (tertiary/aromatic N) is 1. The molecule has 3 aromatic carbocycles. The molecule has 1 amide bonds. The van der Waals surface area contributed by atoms with Crippen LogP contribution in [0.5, 0.6) is 40.2 Å². The normalized spacial score (nSPS) is 14.3. The highest BCUT2D eigenvalue weighted by atomic mass is 16.5. The van der Waals surface area contributed by atoms with Gasteiger partial charge in [-0.15, -0.1) is 0 Å². The maximum atomic E-state index is 13.6. The van der Waals surface area contributed by atoms with Gasteiger partial charge < -0.3 is 38.1 Å². The van der Waals surface area contributed by atoms with Gasteiger partial charge in [-0.2, -0.15) is 0 Å². The average molecular weight is 550 g/mol. The van der Waals surface area contributed by atoms with Gasteiger partial charge in [0.25, 0.3) is 0 Å². The van der Waals surface area contributed by atoms with Crippen LogP contribution >= 0.6 is 0 Å². The standard InChI is InChI=1S/C31H35NO8/c1-34-22-8-10-23(11-9-22)40-19-25-24-18-27(36-3)26(35-2)17-21(24)13-14-32(25)30(33)12-7-20-15-28(37-4)31(39-6)29(16-20)38-5/h7-12,15-18,25H,13-14,19H2,1-6H3. The molecule has 0 saturated carbocycles. The van der Waals surface area contributed by atoms with Gasteiger partial charge >= 0.3 is 0 Å². The molecule has 4 rings (SSSR count). The summed E-state index contributed by atoms with van der Waals surface area (Å²) in [6.07, 6.45) is 3.95. The van der Waals surface area contributed by atoms with Crippen LogP contribution < -0.4 is 33.2 Å². The van der Waals surface area contributed by atoms with Crippen molar-refractivity contribution in [1.82, 2.24) is 4.90 Å². The van der Waals surface area contributed by atoms with Crippen molar-refractivity contribution in [2.45, 2.75) is 12.5 Å². The minimum Gasteiger partial charge on any atom is -0.497 e. The van der Waals surface area contributed by atoms with Gasteiger partial charge in [0.05, 0.1) is 48.7 Å². The topological polar surface area (TPSA) is 84.9 Å². The van der Waals surface area contributed by atoms with E-state index >= 15 is 0 Å². The number of benzene rings is 3. The minimum absolute atomic E-state index is 0.155. The Hall–Kier alpha value is -4.53. The summed E-state index contributed by atoms with van der Waals surface area (Å²) < 4.78 is 38.8. The van der Waals surface area contributed by atoms with E-state index in [9.17, 15) is 4.79 Å². The van der Waals surface area contributed by atoms with E-state index in [-0.39, 0.29) is 18.6 Å². The Balaban J connectivity index is 1.64. The number of carbonyl (C=O) groups is 1. The van der Waals surface area contributed by atoms with Crippen molar-refractivity contribution in [3.05, 3.63) is 71.3 Å². The van der Waals surface area contributed by atoms with Crippen LogP contribution in [0.15, 0.2) is 54.6 Å². The molecule has 0 fully saturated rings. The van der Waals surface area contributed by atoms with Crippen molar-refractivity contribution in [1.29, 1.82) is 0 Å². The first-order valence-electron chi connectivity index (χ1n) is 12.8. The Morgan fingerprint density at radius 2 is 1.38 bits per heavy atom. The van der Waals surface area contributed by atoms with E-state index in [0.29, 0.717) is 47.5 Å². The van der Waals surface area contributed by atoms with Crippen LogP contribution in [0.4, 0.5) is 0 Å². The Morgan fingerprint density at radius 3 is 1.95 bits per heavy atom. The molecule has 0 bridgehead atoms. The van der Waals surface area contributed by atoms with E-state index in [1.165, 1.54) is 0 Å². The fourth-order valence-corrected chi connectivity index (χ4v) is 4.78. The van der Waals surface area contributed by atoms with Gasteiger partial charge in [-0.3, -0.25) is 4.79 Å². The second kappa shape index (κ2) is 13.0. The highest BCUT2D eigenvalue weighted by molar-refractivity contribution is 5.92. The van der Waals surface area contributed by atoms with E-state index in [2.05, 4.69) is 0 Å². The van der Waals surface area contributed by atoms with Crippen molar-refractivity contribution in [2.24, 2.45) is 0 Å². The lowest BCUT2D eigenvalue weighted by Crippen LogP contribution is -2.41. The molecule has 3 aromatic rings. The molecule has 1 unspecified atom stereocenters. The predicted octanol–water partition coefficient (Wildman–Crippen LogP) is 4.96. The molecular weight excluding hydrogens is 514 g/mol. The Kier molecular flexibility index (Phi) is 9.27. The lowest BCUT2D eigenvalue weighted by atomic mass is 9.92. The zero-order chi connectivity index (χ0) is 28.6. The van der Waals surface area contributed by atoms with Gasteiger partial charge in [-0.05, 0) is 77.7 Å². The number of methoxy groups -OCH3 is 6. The van der Waals surface area contributed by atoms with Crippen LogP contribution in [-0.4, -0.2) is 66.6 Å². The second-order valence-electron chi connectivity index (χ2n) is 8.98. The first-order chi connectivity index (χ1) is 19.5. The third-order valence-corrected chi connectivity index (χ3v) is 6.86. The maximum Gasteiger partial charge on any atom is 0.247 e. The fraction of sp³-hybridized carbons (Fsp3) is 0.323. The number of rotatable bonds is 11. The number of hydrogen-bond acceptors (Lipinski definition) is 8. The fourth-order valence-electron chi connectivity index (χ4n) is 4.78. The Labute approximate surface area is 234 Å². The van der Waals surface area contributed by atoms with Crippen LogP contribution in [0.3, 0.4) is 0 Å². The van der Waals surface area contributed by atoms with E-state index < -0.39 is 0 Å². The van der Waals surface area contributed by atoms with Crippen LogP contribution in [-0.2, 0) is 11.2 Å². The summed E-state index contributed by atoms with van der Waals surface area (Å²) in [6.45, 7) is 0.760. The lowest BCUT2D eigenvalue weighted by molar-refractivity contribution is -0.129. The van der Waals surface area contributed by atoms with E-state index in [0.717, 1.165) is 22.4 Å². The summed E-state index contributed by atoms with van der Waals surface area (Å²) in [5, 5.41) is 0. The molecule has 9 nitrogen and oxygen atoms in total. The zero-order valence-corrected chi connectivity index (χ0v) is 23.7. The average Bonchev–Trinajstić information content (AvgIpc) is 3.01. The molecule has 0 saturated heterocycles. The third-order valence-electron chi connectivity index (χ3n) is 6.86. The molecule has 1 heterocycles. The van der Waals surface area contributed by atoms with Gasteiger partial charge in [-0.1, -0.05) is 0 Å². The second-order valence-corrected chi connectivity index (χ2v) is 8.98. The van der Waals surface area contributed by atoms with Crippen LogP contribution in [0, 0.1) is 0 Å². The van der Waals surface area contributed by atoms with Crippen LogP contribution in [0.25, 0.3) is 6.08 Å². The molecule has 1 aliphatic rings. The highest BCUT2D eigenvalue weighted by Gasteiger charge is 2.32. The molecule has 0 aliphatic carbocycles. The van der Waals surface area contributed by atoms with Gasteiger partial charge in [0.15, 0.2) is 23.0 Å². The number of ether oxygens (including phenoxy) is 7. The third kappa shape index (κ3) is 6.03. The Bertz CT molecular complexity index is 1330. The molecule has 0 radical (unpaired) electrons. The summed E-state index contributed by atoms with van der Waals surface area (Å²) in [5.74, 6) is 4.00. The largest absolute Gasteiger partial charge is 0.497 e. The van der Waals surface area contributed by atoms with Crippen molar-refractivity contribution in [2.75, 3.05) is 55.8 Å². The predicted molar refractivity (Wildman–Crippen MR) is 151 cm³/mol. The molecule has 212 valence electrons. The van der Waals surface area contributed by atoms with Crippen molar-refractivity contribution in [3.8, 4) is 40.2 Å². The maximum absolute atomic E-state index is 13.6. The van der Waals surface area contributed by atoms with Gasteiger partial charge in [0.2, 0.25) is 11.7 Å². The van der Waals surface area contributed by atoms with E-state index in [1.54, 1.807) is 66.9 Å². The van der Waals surface area contributed by atoms with Crippen LogP contribution in [0.1, 0.15) is 22.7 Å². The van der Waals surface area contributed by atoms with Crippen LogP contribution in [0.2, 0.25) is 0 Å². The van der Waals surface area contributed by atoms with Crippen molar-refractivity contribution in [3.63, 3.8) is 0 Å². The first-order valence-corrected chi connectivity index (χ1v) is 12.8. The monoisotopic (exact) mass is 549 g/mol. The zero-order valence-electron chi connectivity index (χ0n) is 23.7. The summed E-state index contributed by atoms with van der Waals surface area (Å²) in [5.41, 5.74) is 2.77. The van der Waals surface area contributed by atoms with E-state index in [4.69, 9.17) is 33.2 Å². The molecule has 0 aromatic heterocycles. The van der Waals surface area contributed by atoms with Crippen molar-refractivity contribution >= 4 is 12.0 Å². The summed E-state index contributed by atoms with van der Waals surface area (Å²) in [4.78, 5) is 15.4. The molecule has 1 aliphatic heterocycles. The van der Waals surface area contributed by atoms with Gasteiger partial charge in [-0.25, -0.2) is 0 Å². The minimum atomic E-state index is -0.359.